The van der Waals surface area contributed by atoms with Gasteiger partial charge in [-0.25, -0.2) is 14.5 Å². The average molecular weight is 456 g/mol. The molecular weight excluding hydrogens is 436 g/mol. The van der Waals surface area contributed by atoms with Crippen molar-refractivity contribution in [3.8, 4) is 5.69 Å². The summed E-state index contributed by atoms with van der Waals surface area (Å²) < 4.78 is 12.3. The number of tetrazole rings is 1. The van der Waals surface area contributed by atoms with Gasteiger partial charge in [-0.15, -0.1) is 5.10 Å². The zero-order valence-corrected chi connectivity index (χ0v) is 18.2. The molecule has 1 aliphatic rings. The molecule has 4 aromatic rings. The second kappa shape index (κ2) is 9.10. The molecule has 1 aliphatic heterocycles. The van der Waals surface area contributed by atoms with Crippen LogP contribution in [0.2, 0.25) is 0 Å². The summed E-state index contributed by atoms with van der Waals surface area (Å²) in [4.78, 5) is 25.5. The Morgan fingerprint density at radius 1 is 1.09 bits per heavy atom. The summed E-state index contributed by atoms with van der Waals surface area (Å²) in [6, 6.07) is 17.6. The predicted molar refractivity (Wildman–Crippen MR) is 120 cm³/mol. The standard InChI is InChI=1S/C24H20N6O4/c1-16-4-6-17(7-5-16)20-13-21(22-3-2-12-33-22)30(26-20)23(31)14-34-24(32)18-8-10-19(11-9-18)29-15-25-27-28-29/h2-12,15,21H,13-14H2,1H3. The molecule has 1 amide bonds. The Hall–Kier alpha value is -4.60. The van der Waals surface area contributed by atoms with Crippen molar-refractivity contribution < 1.29 is 18.7 Å². The van der Waals surface area contributed by atoms with Crippen molar-refractivity contribution in [1.82, 2.24) is 25.2 Å². The molecule has 2 aromatic carbocycles. The van der Waals surface area contributed by atoms with E-state index in [4.69, 9.17) is 9.15 Å². The molecule has 0 fully saturated rings. The largest absolute Gasteiger partial charge is 0.467 e. The highest BCUT2D eigenvalue weighted by atomic mass is 16.5. The second-order valence-electron chi connectivity index (χ2n) is 7.76. The predicted octanol–water partition coefficient (Wildman–Crippen LogP) is 3.10. The molecule has 0 radical (unpaired) electrons. The lowest BCUT2D eigenvalue weighted by molar-refractivity contribution is -0.136. The van der Waals surface area contributed by atoms with Gasteiger partial charge < -0.3 is 9.15 Å². The number of hydrogen-bond donors (Lipinski definition) is 0. The Kier molecular flexibility index (Phi) is 5.69. The summed E-state index contributed by atoms with van der Waals surface area (Å²) in [6.45, 7) is 1.56. The first-order chi connectivity index (χ1) is 16.6. The fraction of sp³-hybridized carbons (Fsp3) is 0.167. The van der Waals surface area contributed by atoms with Crippen LogP contribution in [0, 0.1) is 6.92 Å². The minimum Gasteiger partial charge on any atom is -0.467 e. The van der Waals surface area contributed by atoms with Gasteiger partial charge in [0.25, 0.3) is 5.91 Å². The van der Waals surface area contributed by atoms with E-state index in [2.05, 4.69) is 20.6 Å². The lowest BCUT2D eigenvalue weighted by Gasteiger charge is -2.19. The van der Waals surface area contributed by atoms with E-state index in [1.54, 1.807) is 42.7 Å². The number of furan rings is 1. The fourth-order valence-electron chi connectivity index (χ4n) is 3.67. The Bertz CT molecular complexity index is 1310. The van der Waals surface area contributed by atoms with Crippen molar-refractivity contribution in [2.45, 2.75) is 19.4 Å². The van der Waals surface area contributed by atoms with Crippen LogP contribution in [0.25, 0.3) is 5.69 Å². The Labute approximate surface area is 194 Å². The first kappa shape index (κ1) is 21.3. The molecule has 0 saturated heterocycles. The smallest absolute Gasteiger partial charge is 0.338 e. The van der Waals surface area contributed by atoms with Crippen molar-refractivity contribution in [3.63, 3.8) is 0 Å². The first-order valence-electron chi connectivity index (χ1n) is 10.6. The topological polar surface area (TPSA) is 116 Å². The van der Waals surface area contributed by atoms with Gasteiger partial charge in [-0.05, 0) is 59.3 Å². The fourth-order valence-corrected chi connectivity index (χ4v) is 3.67. The number of carbonyl (C=O) groups excluding carboxylic acids is 2. The molecular formula is C24H20N6O4. The highest BCUT2D eigenvalue weighted by molar-refractivity contribution is 6.03. The Morgan fingerprint density at radius 2 is 1.88 bits per heavy atom. The number of amides is 1. The van der Waals surface area contributed by atoms with Crippen molar-refractivity contribution in [1.29, 1.82) is 0 Å². The van der Waals surface area contributed by atoms with E-state index in [1.165, 1.54) is 16.0 Å². The van der Waals surface area contributed by atoms with Crippen LogP contribution >= 0.6 is 0 Å². The van der Waals surface area contributed by atoms with Crippen molar-refractivity contribution in [2.75, 3.05) is 6.61 Å². The molecule has 0 bridgehead atoms. The Balaban J connectivity index is 1.28. The summed E-state index contributed by atoms with van der Waals surface area (Å²) in [5, 5.41) is 16.8. The van der Waals surface area contributed by atoms with E-state index in [1.807, 2.05) is 31.2 Å². The van der Waals surface area contributed by atoms with Crippen LogP contribution in [0.5, 0.6) is 0 Å². The molecule has 2 aromatic heterocycles. The number of aryl methyl sites for hydroxylation is 1. The lowest BCUT2D eigenvalue weighted by Crippen LogP contribution is -2.31. The number of carbonyl (C=O) groups is 2. The molecule has 3 heterocycles. The van der Waals surface area contributed by atoms with Crippen LogP contribution < -0.4 is 0 Å². The average Bonchev–Trinajstić information content (AvgIpc) is 3.64. The van der Waals surface area contributed by atoms with Gasteiger partial charge in [-0.2, -0.15) is 5.10 Å². The zero-order chi connectivity index (χ0) is 23.5. The van der Waals surface area contributed by atoms with Crippen LogP contribution in [-0.4, -0.2) is 49.4 Å². The number of ether oxygens (including phenoxy) is 1. The maximum Gasteiger partial charge on any atom is 0.338 e. The van der Waals surface area contributed by atoms with Crippen LogP contribution in [0.1, 0.15) is 39.7 Å². The number of nitrogens with zero attached hydrogens (tertiary/aromatic N) is 6. The highest BCUT2D eigenvalue weighted by Gasteiger charge is 2.35. The molecule has 34 heavy (non-hydrogen) atoms. The summed E-state index contributed by atoms with van der Waals surface area (Å²) in [7, 11) is 0. The van der Waals surface area contributed by atoms with Gasteiger partial charge in [0, 0.05) is 6.42 Å². The summed E-state index contributed by atoms with van der Waals surface area (Å²) in [5.74, 6) is -0.445. The monoisotopic (exact) mass is 456 g/mol. The van der Waals surface area contributed by atoms with Gasteiger partial charge in [0.05, 0.1) is 23.2 Å². The maximum atomic E-state index is 13.0. The van der Waals surface area contributed by atoms with E-state index in [0.29, 0.717) is 23.4 Å². The number of hydrazone groups is 1. The van der Waals surface area contributed by atoms with Crippen molar-refractivity contribution >= 4 is 17.6 Å². The number of benzene rings is 2. The normalized spacial score (nSPS) is 15.3. The maximum absolute atomic E-state index is 13.0. The van der Waals surface area contributed by atoms with Crippen LogP contribution in [0.4, 0.5) is 0 Å². The Morgan fingerprint density at radius 3 is 2.56 bits per heavy atom. The first-order valence-corrected chi connectivity index (χ1v) is 10.6. The third-order valence-electron chi connectivity index (χ3n) is 5.47. The molecule has 10 nitrogen and oxygen atoms in total. The summed E-state index contributed by atoms with van der Waals surface area (Å²) >= 11 is 0. The molecule has 0 spiro atoms. The van der Waals surface area contributed by atoms with E-state index < -0.39 is 24.5 Å². The van der Waals surface area contributed by atoms with Gasteiger partial charge in [0.2, 0.25) is 0 Å². The molecule has 5 rings (SSSR count). The highest BCUT2D eigenvalue weighted by Crippen LogP contribution is 2.33. The molecule has 1 atom stereocenters. The second-order valence-corrected chi connectivity index (χ2v) is 7.76. The number of hydrogen-bond acceptors (Lipinski definition) is 8. The van der Waals surface area contributed by atoms with Gasteiger partial charge in [0.15, 0.2) is 6.61 Å². The van der Waals surface area contributed by atoms with Crippen LogP contribution in [0.3, 0.4) is 0 Å². The minimum absolute atomic E-state index is 0.303. The van der Waals surface area contributed by atoms with E-state index in [0.717, 1.165) is 16.8 Å². The third kappa shape index (κ3) is 4.33. The van der Waals surface area contributed by atoms with Crippen LogP contribution in [-0.2, 0) is 9.53 Å². The zero-order valence-electron chi connectivity index (χ0n) is 18.2. The number of aromatic nitrogens is 4. The third-order valence-corrected chi connectivity index (χ3v) is 5.47. The summed E-state index contributed by atoms with van der Waals surface area (Å²) in [6.07, 6.45) is 3.50. The molecule has 10 heteroatoms. The lowest BCUT2D eigenvalue weighted by atomic mass is 10.0. The quantitative estimate of drug-likeness (QED) is 0.409. The van der Waals surface area contributed by atoms with Gasteiger partial charge in [-0.1, -0.05) is 29.8 Å². The number of esters is 1. The SMILES string of the molecule is Cc1ccc(C2=NN(C(=O)COC(=O)c3ccc(-n4cnnn4)cc3)C(c3ccco3)C2)cc1. The molecule has 0 N–H and O–H groups in total. The van der Waals surface area contributed by atoms with E-state index in [9.17, 15) is 9.59 Å². The molecule has 0 saturated carbocycles. The van der Waals surface area contributed by atoms with E-state index in [-0.39, 0.29) is 0 Å². The van der Waals surface area contributed by atoms with Crippen LogP contribution in [0.15, 0.2) is 82.8 Å². The van der Waals surface area contributed by atoms with Gasteiger partial charge in [-0.3, -0.25) is 4.79 Å². The summed E-state index contributed by atoms with van der Waals surface area (Å²) in [5.41, 5.74) is 3.82. The van der Waals surface area contributed by atoms with Crippen molar-refractivity contribution in [3.05, 3.63) is 95.7 Å². The minimum atomic E-state index is -0.618. The van der Waals surface area contributed by atoms with E-state index >= 15 is 0 Å². The molecule has 170 valence electrons. The molecule has 0 aliphatic carbocycles. The van der Waals surface area contributed by atoms with Gasteiger partial charge >= 0.3 is 5.97 Å². The van der Waals surface area contributed by atoms with Crippen molar-refractivity contribution in [2.24, 2.45) is 5.10 Å². The van der Waals surface area contributed by atoms with Gasteiger partial charge in [0.1, 0.15) is 18.1 Å². The molecule has 1 unspecified atom stereocenters. The number of rotatable bonds is 6.